The number of nitrogens with two attached hydrogens (primary N) is 1. The molecule has 4 N–H and O–H groups in total. The number of hydrogen-bond acceptors (Lipinski definition) is 4. The van der Waals surface area contributed by atoms with Crippen molar-refractivity contribution in [3.8, 4) is 0 Å². The molecule has 22 heavy (non-hydrogen) atoms. The maximum absolute atomic E-state index is 11.6. The van der Waals surface area contributed by atoms with Crippen molar-refractivity contribution >= 4 is 36.6 Å². The number of carbonyl (C=O) groups is 2. The summed E-state index contributed by atoms with van der Waals surface area (Å²) in [5.74, 6) is -0.568. The van der Waals surface area contributed by atoms with Crippen LogP contribution in [0.3, 0.4) is 0 Å². The lowest BCUT2D eigenvalue weighted by Gasteiger charge is -2.25. The molecule has 0 aliphatic rings. The monoisotopic (exact) mass is 350 g/mol. The van der Waals surface area contributed by atoms with Gasteiger partial charge in [0.05, 0.1) is 19.1 Å². The Hall–Kier alpha value is -1.34. The van der Waals surface area contributed by atoms with E-state index in [1.54, 1.807) is 0 Å². The maximum Gasteiger partial charge on any atom is 0.239 e. The molecule has 1 unspecified atom stereocenters. The second kappa shape index (κ2) is 12.2. The third-order valence-corrected chi connectivity index (χ3v) is 2.93. The molecule has 0 heterocycles. The Bertz CT molecular complexity index is 444. The molecule has 0 saturated carbocycles. The number of likely N-dealkylation sites (N-methyl/N-ethyl adjacent to an activating group) is 1. The Balaban J connectivity index is 0. The quantitative estimate of drug-likeness (QED) is 0.661. The second-order valence-corrected chi connectivity index (χ2v) is 4.68. The molecule has 0 bridgehead atoms. The second-order valence-electron chi connectivity index (χ2n) is 4.68. The molecule has 0 spiro atoms. The number of nitrogens with zero attached hydrogens (tertiary/aromatic N) is 1. The van der Waals surface area contributed by atoms with Gasteiger partial charge in [0.15, 0.2) is 0 Å². The van der Waals surface area contributed by atoms with Crippen LogP contribution in [-0.2, 0) is 9.59 Å². The van der Waals surface area contributed by atoms with E-state index in [4.69, 9.17) is 5.73 Å². The van der Waals surface area contributed by atoms with E-state index in [1.165, 1.54) is 0 Å². The first kappa shape index (κ1) is 22.9. The number of nitrogens with one attached hydrogen (secondary N) is 2. The van der Waals surface area contributed by atoms with Crippen molar-refractivity contribution in [2.75, 3.05) is 33.7 Å². The minimum atomic E-state index is -0.340. The van der Waals surface area contributed by atoms with Crippen LogP contribution in [0.2, 0.25) is 0 Å². The Labute approximate surface area is 143 Å². The number of hydrogen-bond donors (Lipinski definition) is 3. The van der Waals surface area contributed by atoms with E-state index in [-0.39, 0.29) is 55.8 Å². The summed E-state index contributed by atoms with van der Waals surface area (Å²) in [6, 6.07) is 10.0. The average Bonchev–Trinajstić information content (AvgIpc) is 2.45. The van der Waals surface area contributed by atoms with Crippen LogP contribution in [0.15, 0.2) is 30.3 Å². The smallest absolute Gasteiger partial charge is 0.239 e. The molecule has 1 atom stereocenters. The zero-order valence-corrected chi connectivity index (χ0v) is 14.4. The first-order valence-electron chi connectivity index (χ1n) is 6.49. The topological polar surface area (TPSA) is 87.5 Å². The van der Waals surface area contributed by atoms with Gasteiger partial charge in [-0.1, -0.05) is 30.3 Å². The van der Waals surface area contributed by atoms with Gasteiger partial charge in [-0.05, 0) is 19.7 Å². The van der Waals surface area contributed by atoms with E-state index in [0.717, 1.165) is 5.56 Å². The Morgan fingerprint density at radius 3 is 2.18 bits per heavy atom. The van der Waals surface area contributed by atoms with E-state index in [2.05, 4.69) is 10.6 Å². The minimum absolute atomic E-state index is 0. The molecular formula is C14H24Cl2N4O2. The number of amides is 2. The molecule has 0 aromatic heterocycles. The van der Waals surface area contributed by atoms with Crippen LogP contribution >= 0.6 is 24.8 Å². The number of carbonyl (C=O) groups excluding carboxylic acids is 2. The van der Waals surface area contributed by atoms with Crippen LogP contribution in [0.1, 0.15) is 11.6 Å². The number of rotatable bonds is 7. The van der Waals surface area contributed by atoms with Crippen LogP contribution in [0.5, 0.6) is 0 Å². The summed E-state index contributed by atoms with van der Waals surface area (Å²) in [5.41, 5.74) is 6.27. The fourth-order valence-corrected chi connectivity index (χ4v) is 1.80. The molecule has 0 aliphatic heterocycles. The van der Waals surface area contributed by atoms with Crippen molar-refractivity contribution in [1.29, 1.82) is 0 Å². The van der Waals surface area contributed by atoms with Gasteiger partial charge in [0.2, 0.25) is 11.8 Å². The van der Waals surface area contributed by atoms with E-state index >= 15 is 0 Å². The molecule has 0 saturated heterocycles. The summed E-state index contributed by atoms with van der Waals surface area (Å²) < 4.78 is 0. The summed E-state index contributed by atoms with van der Waals surface area (Å²) in [4.78, 5) is 24.6. The SMILES string of the molecule is CN(C)C(CNC(=O)CNC(=O)CN)c1ccccc1.Cl.Cl. The third-order valence-electron chi connectivity index (χ3n) is 2.93. The van der Waals surface area contributed by atoms with Gasteiger partial charge >= 0.3 is 0 Å². The van der Waals surface area contributed by atoms with E-state index < -0.39 is 0 Å². The Kier molecular flexibility index (Phi) is 12.7. The molecule has 126 valence electrons. The number of benzene rings is 1. The molecule has 6 nitrogen and oxygen atoms in total. The van der Waals surface area contributed by atoms with E-state index in [1.807, 2.05) is 49.3 Å². The fourth-order valence-electron chi connectivity index (χ4n) is 1.80. The summed E-state index contributed by atoms with van der Waals surface area (Å²) >= 11 is 0. The predicted octanol–water partition coefficient (Wildman–Crippen LogP) is 0.324. The van der Waals surface area contributed by atoms with Crippen molar-refractivity contribution < 1.29 is 9.59 Å². The first-order valence-corrected chi connectivity index (χ1v) is 6.49. The van der Waals surface area contributed by atoms with Gasteiger partial charge in [-0.15, -0.1) is 24.8 Å². The highest BCUT2D eigenvalue weighted by atomic mass is 35.5. The van der Waals surface area contributed by atoms with Crippen LogP contribution in [0, 0.1) is 0 Å². The lowest BCUT2D eigenvalue weighted by molar-refractivity contribution is -0.125. The molecule has 0 fully saturated rings. The molecule has 0 radical (unpaired) electrons. The molecule has 1 aromatic carbocycles. The lowest BCUT2D eigenvalue weighted by Crippen LogP contribution is -2.42. The first-order chi connectivity index (χ1) is 9.54. The molecule has 1 aromatic rings. The highest BCUT2D eigenvalue weighted by Gasteiger charge is 2.14. The summed E-state index contributed by atoms with van der Waals surface area (Å²) in [5, 5.41) is 5.24. The van der Waals surface area contributed by atoms with E-state index in [0.29, 0.717) is 6.54 Å². The molecule has 2 amide bonds. The van der Waals surface area contributed by atoms with Crippen molar-refractivity contribution in [3.05, 3.63) is 35.9 Å². The molecule has 8 heteroatoms. The summed E-state index contributed by atoms with van der Waals surface area (Å²) in [6.45, 7) is 0.316. The zero-order valence-electron chi connectivity index (χ0n) is 12.7. The molecule has 1 rings (SSSR count). The van der Waals surface area contributed by atoms with Crippen molar-refractivity contribution in [3.63, 3.8) is 0 Å². The molecular weight excluding hydrogens is 327 g/mol. The highest BCUT2D eigenvalue weighted by Crippen LogP contribution is 2.16. The maximum atomic E-state index is 11.6. The normalized spacial score (nSPS) is 10.9. The highest BCUT2D eigenvalue weighted by molar-refractivity contribution is 5.86. The zero-order chi connectivity index (χ0) is 15.0. The van der Waals surface area contributed by atoms with Crippen molar-refractivity contribution in [2.24, 2.45) is 5.73 Å². The largest absolute Gasteiger partial charge is 0.353 e. The van der Waals surface area contributed by atoms with Crippen molar-refractivity contribution in [1.82, 2.24) is 15.5 Å². The lowest BCUT2D eigenvalue weighted by atomic mass is 10.1. The Morgan fingerprint density at radius 2 is 1.68 bits per heavy atom. The van der Waals surface area contributed by atoms with Crippen LogP contribution in [0.25, 0.3) is 0 Å². The standard InChI is InChI=1S/C14H22N4O2.2ClH/c1-18(2)12(11-6-4-3-5-7-11)9-16-14(20)10-17-13(19)8-15;;/h3-7,12H,8-10,15H2,1-2H3,(H,16,20)(H,17,19);2*1H. The van der Waals surface area contributed by atoms with Crippen LogP contribution in [-0.4, -0.2) is 50.4 Å². The molecule has 0 aliphatic carbocycles. The van der Waals surface area contributed by atoms with Gasteiger partial charge in [0, 0.05) is 6.54 Å². The van der Waals surface area contributed by atoms with Crippen molar-refractivity contribution in [2.45, 2.75) is 6.04 Å². The summed E-state index contributed by atoms with van der Waals surface area (Å²) in [6.07, 6.45) is 0. The van der Waals surface area contributed by atoms with Gasteiger partial charge < -0.3 is 21.3 Å². The third kappa shape index (κ3) is 8.19. The average molecular weight is 351 g/mol. The van der Waals surface area contributed by atoms with Gasteiger partial charge in [0.1, 0.15) is 0 Å². The number of halogens is 2. The van der Waals surface area contributed by atoms with Crippen LogP contribution in [0.4, 0.5) is 0 Å². The van der Waals surface area contributed by atoms with Gasteiger partial charge in [-0.2, -0.15) is 0 Å². The van der Waals surface area contributed by atoms with Gasteiger partial charge in [0.25, 0.3) is 0 Å². The van der Waals surface area contributed by atoms with Gasteiger partial charge in [-0.25, -0.2) is 0 Å². The van der Waals surface area contributed by atoms with Gasteiger partial charge in [-0.3, -0.25) is 9.59 Å². The summed E-state index contributed by atoms with van der Waals surface area (Å²) in [7, 11) is 3.92. The van der Waals surface area contributed by atoms with Crippen LogP contribution < -0.4 is 16.4 Å². The fraction of sp³-hybridized carbons (Fsp3) is 0.429. The predicted molar refractivity (Wildman–Crippen MR) is 92.4 cm³/mol. The minimum Gasteiger partial charge on any atom is -0.353 e. The Morgan fingerprint density at radius 1 is 1.09 bits per heavy atom. The van der Waals surface area contributed by atoms with E-state index in [9.17, 15) is 9.59 Å².